The molecule has 1 aromatic heterocycles. The molecule has 0 bridgehead atoms. The van der Waals surface area contributed by atoms with Gasteiger partial charge in [-0.05, 0) is 50.2 Å². The fourth-order valence-electron chi connectivity index (χ4n) is 3.70. The van der Waals surface area contributed by atoms with Crippen LogP contribution in [0.5, 0.6) is 11.5 Å². The number of rotatable bonds is 10. The average Bonchev–Trinajstić information content (AvgIpc) is 3.33. The van der Waals surface area contributed by atoms with Crippen LogP contribution in [0.3, 0.4) is 0 Å². The molecule has 0 saturated heterocycles. The van der Waals surface area contributed by atoms with Gasteiger partial charge in [0.2, 0.25) is 5.91 Å². The SMILES string of the molecule is CCN(C(=O)CSc1nnc(C(C)Oc2cccc(OC)c2)n1-c1ccccc1)c1ccccc1. The highest BCUT2D eigenvalue weighted by Gasteiger charge is 2.23. The summed E-state index contributed by atoms with van der Waals surface area (Å²) in [5, 5.41) is 9.49. The molecule has 0 fully saturated rings. The third-order valence-electron chi connectivity index (χ3n) is 5.40. The van der Waals surface area contributed by atoms with E-state index in [1.165, 1.54) is 11.8 Å². The van der Waals surface area contributed by atoms with E-state index in [4.69, 9.17) is 9.47 Å². The quantitative estimate of drug-likeness (QED) is 0.272. The van der Waals surface area contributed by atoms with Gasteiger partial charge in [0.1, 0.15) is 11.5 Å². The number of benzene rings is 3. The average molecular weight is 489 g/mol. The molecule has 0 aliphatic heterocycles. The summed E-state index contributed by atoms with van der Waals surface area (Å²) in [6, 6.07) is 27.0. The van der Waals surface area contributed by atoms with Gasteiger partial charge in [0, 0.05) is 24.0 Å². The predicted molar refractivity (Wildman–Crippen MR) is 139 cm³/mol. The third-order valence-corrected chi connectivity index (χ3v) is 6.31. The molecular formula is C27H28N4O3S. The first-order chi connectivity index (χ1) is 17.1. The van der Waals surface area contributed by atoms with Crippen molar-refractivity contribution in [3.8, 4) is 17.2 Å². The fourth-order valence-corrected chi connectivity index (χ4v) is 4.54. The third kappa shape index (κ3) is 5.84. The highest BCUT2D eigenvalue weighted by Crippen LogP contribution is 2.29. The van der Waals surface area contributed by atoms with E-state index < -0.39 is 6.10 Å². The Labute approximate surface area is 209 Å². The second-order valence-corrected chi connectivity index (χ2v) is 8.66. The second kappa shape index (κ2) is 11.6. The maximum atomic E-state index is 13.0. The van der Waals surface area contributed by atoms with Crippen molar-refractivity contribution in [2.45, 2.75) is 25.1 Å². The Hall–Kier alpha value is -3.78. The molecule has 0 spiro atoms. The van der Waals surface area contributed by atoms with Crippen molar-refractivity contribution in [1.82, 2.24) is 14.8 Å². The zero-order valence-electron chi connectivity index (χ0n) is 20.0. The van der Waals surface area contributed by atoms with Gasteiger partial charge in [-0.2, -0.15) is 0 Å². The Morgan fingerprint density at radius 1 is 0.971 bits per heavy atom. The molecule has 8 heteroatoms. The number of amides is 1. The van der Waals surface area contributed by atoms with E-state index in [0.717, 1.165) is 11.4 Å². The number of hydrogen-bond acceptors (Lipinski definition) is 6. The van der Waals surface area contributed by atoms with Crippen molar-refractivity contribution in [2.75, 3.05) is 24.3 Å². The summed E-state index contributed by atoms with van der Waals surface area (Å²) in [4.78, 5) is 14.8. The van der Waals surface area contributed by atoms with Gasteiger partial charge in [0.15, 0.2) is 17.1 Å². The summed E-state index contributed by atoms with van der Waals surface area (Å²) in [5.41, 5.74) is 1.78. The van der Waals surface area contributed by atoms with Gasteiger partial charge in [-0.15, -0.1) is 10.2 Å². The summed E-state index contributed by atoms with van der Waals surface area (Å²) < 4.78 is 13.4. The van der Waals surface area contributed by atoms with Crippen LogP contribution < -0.4 is 14.4 Å². The minimum Gasteiger partial charge on any atom is -0.497 e. The molecule has 3 aromatic carbocycles. The first-order valence-corrected chi connectivity index (χ1v) is 12.4. The van der Waals surface area contributed by atoms with E-state index in [0.29, 0.717) is 29.0 Å². The number of para-hydroxylation sites is 2. The molecule has 4 aromatic rings. The van der Waals surface area contributed by atoms with Gasteiger partial charge >= 0.3 is 0 Å². The van der Waals surface area contributed by atoms with Crippen LogP contribution in [0, 0.1) is 0 Å². The van der Waals surface area contributed by atoms with Crippen LogP contribution in [0.1, 0.15) is 25.8 Å². The molecule has 1 atom stereocenters. The molecule has 0 radical (unpaired) electrons. The standard InChI is InChI=1S/C27H28N4O3S/c1-4-30(21-12-7-5-8-13-21)25(32)19-35-27-29-28-26(31(27)22-14-9-6-10-15-22)20(2)34-24-17-11-16-23(18-24)33-3/h5-18,20H,4,19H2,1-3H3. The molecular weight excluding hydrogens is 460 g/mol. The number of hydrogen-bond donors (Lipinski definition) is 0. The molecule has 35 heavy (non-hydrogen) atoms. The van der Waals surface area contributed by atoms with Crippen molar-refractivity contribution >= 4 is 23.4 Å². The number of anilines is 1. The summed E-state index contributed by atoms with van der Waals surface area (Å²) in [5.74, 6) is 2.27. The van der Waals surface area contributed by atoms with Crippen LogP contribution in [0.15, 0.2) is 90.1 Å². The van der Waals surface area contributed by atoms with Crippen LogP contribution in [0.2, 0.25) is 0 Å². The van der Waals surface area contributed by atoms with E-state index in [1.807, 2.05) is 103 Å². The highest BCUT2D eigenvalue weighted by molar-refractivity contribution is 7.99. The zero-order chi connectivity index (χ0) is 24.6. The number of ether oxygens (including phenoxy) is 2. The normalized spacial score (nSPS) is 11.6. The summed E-state index contributed by atoms with van der Waals surface area (Å²) in [6.07, 6.45) is -0.392. The maximum Gasteiger partial charge on any atom is 0.237 e. The van der Waals surface area contributed by atoms with Gasteiger partial charge in [-0.25, -0.2) is 0 Å². The van der Waals surface area contributed by atoms with Gasteiger partial charge in [-0.1, -0.05) is 54.2 Å². The van der Waals surface area contributed by atoms with E-state index in [1.54, 1.807) is 12.0 Å². The molecule has 0 aliphatic rings. The minimum atomic E-state index is -0.392. The van der Waals surface area contributed by atoms with Gasteiger partial charge in [0.25, 0.3) is 0 Å². The Morgan fingerprint density at radius 2 is 1.66 bits per heavy atom. The smallest absolute Gasteiger partial charge is 0.237 e. The molecule has 1 unspecified atom stereocenters. The van der Waals surface area contributed by atoms with Crippen LogP contribution in [0.25, 0.3) is 5.69 Å². The molecule has 1 heterocycles. The van der Waals surface area contributed by atoms with Gasteiger partial charge in [0.05, 0.1) is 12.9 Å². The minimum absolute atomic E-state index is 0.00791. The first kappa shape index (κ1) is 24.3. The summed E-state index contributed by atoms with van der Waals surface area (Å²) >= 11 is 1.36. The lowest BCUT2D eigenvalue weighted by Crippen LogP contribution is -2.32. The van der Waals surface area contributed by atoms with Crippen LogP contribution in [-0.2, 0) is 4.79 Å². The van der Waals surface area contributed by atoms with Crippen molar-refractivity contribution in [1.29, 1.82) is 0 Å². The number of nitrogens with zero attached hydrogens (tertiary/aromatic N) is 4. The monoisotopic (exact) mass is 488 g/mol. The summed E-state index contributed by atoms with van der Waals surface area (Å²) in [7, 11) is 1.62. The molecule has 4 rings (SSSR count). The second-order valence-electron chi connectivity index (χ2n) is 7.71. The number of carbonyl (C=O) groups excluding carboxylic acids is 1. The maximum absolute atomic E-state index is 13.0. The number of methoxy groups -OCH3 is 1. The Morgan fingerprint density at radius 3 is 2.34 bits per heavy atom. The highest BCUT2D eigenvalue weighted by atomic mass is 32.2. The lowest BCUT2D eigenvalue weighted by molar-refractivity contribution is -0.116. The van der Waals surface area contributed by atoms with Crippen LogP contribution in [0.4, 0.5) is 5.69 Å². The topological polar surface area (TPSA) is 69.5 Å². The van der Waals surface area contributed by atoms with E-state index in [2.05, 4.69) is 10.2 Å². The predicted octanol–water partition coefficient (Wildman–Crippen LogP) is 5.56. The van der Waals surface area contributed by atoms with Crippen LogP contribution >= 0.6 is 11.8 Å². The lowest BCUT2D eigenvalue weighted by Gasteiger charge is -2.21. The molecule has 180 valence electrons. The molecule has 0 N–H and O–H groups in total. The molecule has 0 aliphatic carbocycles. The van der Waals surface area contributed by atoms with E-state index in [9.17, 15) is 4.79 Å². The number of carbonyl (C=O) groups is 1. The molecule has 0 saturated carbocycles. The molecule has 7 nitrogen and oxygen atoms in total. The van der Waals surface area contributed by atoms with Crippen molar-refractivity contribution < 1.29 is 14.3 Å². The van der Waals surface area contributed by atoms with Gasteiger partial charge in [-0.3, -0.25) is 9.36 Å². The van der Waals surface area contributed by atoms with E-state index in [-0.39, 0.29) is 11.7 Å². The largest absolute Gasteiger partial charge is 0.497 e. The summed E-state index contributed by atoms with van der Waals surface area (Å²) in [6.45, 7) is 4.49. The Kier molecular flexibility index (Phi) is 8.05. The fraction of sp³-hybridized carbons (Fsp3) is 0.222. The van der Waals surface area contributed by atoms with Crippen molar-refractivity contribution in [2.24, 2.45) is 0 Å². The number of thioether (sulfide) groups is 1. The lowest BCUT2D eigenvalue weighted by atomic mass is 10.3. The Balaban J connectivity index is 1.57. The van der Waals surface area contributed by atoms with E-state index >= 15 is 0 Å². The molecule has 1 amide bonds. The zero-order valence-corrected chi connectivity index (χ0v) is 20.8. The first-order valence-electron chi connectivity index (χ1n) is 11.4. The van der Waals surface area contributed by atoms with Crippen molar-refractivity contribution in [3.05, 3.63) is 90.8 Å². The van der Waals surface area contributed by atoms with Crippen molar-refractivity contribution in [3.63, 3.8) is 0 Å². The Bertz CT molecular complexity index is 1250. The van der Waals surface area contributed by atoms with Crippen LogP contribution in [-0.4, -0.2) is 40.1 Å². The number of aromatic nitrogens is 3. The van der Waals surface area contributed by atoms with Gasteiger partial charge < -0.3 is 14.4 Å².